The smallest absolute Gasteiger partial charge is 0.0714 e. The van der Waals surface area contributed by atoms with Crippen LogP contribution in [0.5, 0.6) is 0 Å². The molecule has 0 amide bonds. The van der Waals surface area contributed by atoms with Crippen molar-refractivity contribution in [2.24, 2.45) is 0 Å². The fourth-order valence-corrected chi connectivity index (χ4v) is 23.6. The lowest BCUT2D eigenvalue weighted by atomic mass is 9.67. The van der Waals surface area contributed by atoms with Gasteiger partial charge in [-0.15, -0.1) is 0 Å². The number of para-hydroxylation sites is 3. The van der Waals surface area contributed by atoms with Crippen LogP contribution in [-0.4, -0.2) is 9.13 Å². The molecular formula is C138H92N4. The summed E-state index contributed by atoms with van der Waals surface area (Å²) in [5.41, 5.74) is 43.5. The lowest BCUT2D eigenvalue weighted by molar-refractivity contribution is 0.768. The van der Waals surface area contributed by atoms with Crippen LogP contribution in [0.25, 0.3) is 166 Å². The summed E-state index contributed by atoms with van der Waals surface area (Å²) >= 11 is 0. The van der Waals surface area contributed by atoms with Gasteiger partial charge in [0.15, 0.2) is 0 Å². The number of rotatable bonds is 19. The Hall–Kier alpha value is -18.5. The SMILES string of the molecule is c1ccc(-c2ccc(N(c3cccc(-c4ccc(-c5ccc6c(c5)c5ccccc5n6-c5ccc(-c6ccc(-c7ccc(N(c8cccc(-c9ccc(-c%10ccc%11c(c%10)c%10ccccc%10n%11-c%10ccccc%10)cc9)c8)c8ccc9c(c8)C(c8ccccc8)(c8ccccc8)c8ccccc8-9)cc7)cc6)cc5)cc4)c3)c3ccc4c(c3)C(c3ccccc3)(c3ccccc3)c3ccccc3-4)c3ccccc23)cc1. The van der Waals surface area contributed by atoms with Gasteiger partial charge >= 0.3 is 0 Å². The second kappa shape index (κ2) is 34.3. The molecule has 23 aromatic carbocycles. The van der Waals surface area contributed by atoms with E-state index >= 15 is 0 Å². The third-order valence-electron chi connectivity index (χ3n) is 30.1. The first kappa shape index (κ1) is 82.9. The van der Waals surface area contributed by atoms with E-state index < -0.39 is 10.8 Å². The number of fused-ring (bicyclic) bond motifs is 13. The number of benzene rings is 23. The average Bonchev–Trinajstić information content (AvgIpc) is 1.53. The van der Waals surface area contributed by atoms with Gasteiger partial charge in [0.25, 0.3) is 0 Å². The Balaban J connectivity index is 0.487. The van der Waals surface area contributed by atoms with Gasteiger partial charge in [-0.2, -0.15) is 0 Å². The molecule has 0 N–H and O–H groups in total. The second-order valence-corrected chi connectivity index (χ2v) is 37.7. The molecular weight excluding hydrogens is 1710 g/mol. The van der Waals surface area contributed by atoms with E-state index in [1.54, 1.807) is 0 Å². The molecule has 27 rings (SSSR count). The second-order valence-electron chi connectivity index (χ2n) is 37.7. The highest BCUT2D eigenvalue weighted by atomic mass is 15.2. The van der Waals surface area contributed by atoms with Gasteiger partial charge in [-0.1, -0.05) is 431 Å². The van der Waals surface area contributed by atoms with Crippen molar-refractivity contribution in [1.29, 1.82) is 0 Å². The molecule has 0 unspecified atom stereocenters. The minimum Gasteiger partial charge on any atom is -0.310 e. The van der Waals surface area contributed by atoms with E-state index in [0.29, 0.717) is 0 Å². The molecule has 0 fully saturated rings. The van der Waals surface area contributed by atoms with Crippen molar-refractivity contribution < 1.29 is 0 Å². The predicted octanol–water partition coefficient (Wildman–Crippen LogP) is 36.4. The number of hydrogen-bond acceptors (Lipinski definition) is 2. The van der Waals surface area contributed by atoms with Gasteiger partial charge in [-0.25, -0.2) is 0 Å². The highest BCUT2D eigenvalue weighted by molar-refractivity contribution is 6.13. The molecule has 0 saturated carbocycles. The van der Waals surface area contributed by atoms with Crippen LogP contribution in [0.3, 0.4) is 0 Å². The Bertz CT molecular complexity index is 9070. The maximum absolute atomic E-state index is 2.50. The summed E-state index contributed by atoms with van der Waals surface area (Å²) in [6.45, 7) is 0. The molecule has 4 heteroatoms. The summed E-state index contributed by atoms with van der Waals surface area (Å²) in [6.07, 6.45) is 0. The summed E-state index contributed by atoms with van der Waals surface area (Å²) in [4.78, 5) is 4.95. The molecule has 2 aliphatic rings. The highest BCUT2D eigenvalue weighted by Crippen LogP contribution is 2.61. The summed E-state index contributed by atoms with van der Waals surface area (Å²) in [6, 6.07) is 207. The minimum absolute atomic E-state index is 0.577. The monoisotopic (exact) mass is 1800 g/mol. The van der Waals surface area contributed by atoms with Gasteiger partial charge in [0, 0.05) is 66.7 Å². The zero-order valence-electron chi connectivity index (χ0n) is 77.9. The van der Waals surface area contributed by atoms with Crippen LogP contribution in [0.2, 0.25) is 0 Å². The van der Waals surface area contributed by atoms with Gasteiger partial charge in [-0.3, -0.25) is 0 Å². The number of nitrogens with zero attached hydrogens (tertiary/aromatic N) is 4. The van der Waals surface area contributed by atoms with E-state index in [2.05, 4.69) is 577 Å². The predicted molar refractivity (Wildman–Crippen MR) is 595 cm³/mol. The molecule has 142 heavy (non-hydrogen) atoms. The molecule has 0 spiro atoms. The van der Waals surface area contributed by atoms with E-state index in [1.807, 2.05) is 0 Å². The van der Waals surface area contributed by atoms with Crippen molar-refractivity contribution in [3.05, 3.63) is 603 Å². The fourth-order valence-electron chi connectivity index (χ4n) is 23.6. The third kappa shape index (κ3) is 13.7. The quantitative estimate of drug-likeness (QED) is 0.0802. The third-order valence-corrected chi connectivity index (χ3v) is 30.1. The topological polar surface area (TPSA) is 16.3 Å². The van der Waals surface area contributed by atoms with Crippen LogP contribution in [-0.2, 0) is 10.8 Å². The van der Waals surface area contributed by atoms with Crippen molar-refractivity contribution in [2.75, 3.05) is 9.80 Å². The molecule has 0 saturated heterocycles. The van der Waals surface area contributed by atoms with Gasteiger partial charge < -0.3 is 18.9 Å². The Morgan fingerprint density at radius 1 is 0.141 bits per heavy atom. The maximum Gasteiger partial charge on any atom is 0.0714 e. The van der Waals surface area contributed by atoms with Crippen molar-refractivity contribution in [3.8, 4) is 112 Å². The Labute approximate surface area is 826 Å². The van der Waals surface area contributed by atoms with Crippen LogP contribution in [0, 0.1) is 0 Å². The van der Waals surface area contributed by atoms with Crippen LogP contribution < -0.4 is 9.80 Å². The van der Waals surface area contributed by atoms with E-state index in [4.69, 9.17) is 0 Å². The molecule has 664 valence electrons. The molecule has 2 heterocycles. The van der Waals surface area contributed by atoms with Crippen LogP contribution >= 0.6 is 0 Å². The van der Waals surface area contributed by atoms with E-state index in [0.717, 1.165) is 107 Å². The number of anilines is 6. The van der Waals surface area contributed by atoms with Crippen LogP contribution in [0.1, 0.15) is 44.5 Å². The van der Waals surface area contributed by atoms with Gasteiger partial charge in [0.05, 0.1) is 38.6 Å². The van der Waals surface area contributed by atoms with Crippen molar-refractivity contribution >= 4 is 88.5 Å². The maximum atomic E-state index is 2.50. The Kier molecular flexibility index (Phi) is 20.1. The largest absolute Gasteiger partial charge is 0.310 e. The minimum atomic E-state index is -0.580. The standard InChI is InChI=1S/C138H92N4/c1-7-31-101(32-8-1)117-83-86-134(123-50-20-19-47-118(117)123)140(116-80-82-122-120-49-22-26-54-129(120)138(131(122)92-116,108-39-13-4-14-40-108)109-41-15-5-16-42-109)114-46-30-34-103(88-114)98-63-67-100(68-64-98)105-74-85-136-127(90-105)125-52-24-28-56-133(125)142(136)112-77-71-96(72-78-112)94-59-57-93(58-60-94)95-69-75-111(76-70-95)139(115-79-81-121-119-48-21-25-53-128(119)137(130(121)91-115,106-35-9-2-10-36-106)107-37-11-3-12-38-107)113-45-29-33-102(87-113)97-61-65-99(66-62-97)104-73-84-135-126(89-104)124-51-23-27-55-132(124)141(135)110-43-17-6-18-44-110/h1-92H. The summed E-state index contributed by atoms with van der Waals surface area (Å²) in [7, 11) is 0. The van der Waals surface area contributed by atoms with Crippen molar-refractivity contribution in [1.82, 2.24) is 9.13 Å². The van der Waals surface area contributed by atoms with E-state index in [9.17, 15) is 0 Å². The summed E-state index contributed by atoms with van der Waals surface area (Å²) < 4.78 is 4.80. The fraction of sp³-hybridized carbons (Fsp3) is 0.0145. The van der Waals surface area contributed by atoms with E-state index in [1.165, 1.54) is 138 Å². The first-order valence-corrected chi connectivity index (χ1v) is 49.1. The zero-order chi connectivity index (χ0) is 93.8. The van der Waals surface area contributed by atoms with Gasteiger partial charge in [0.1, 0.15) is 0 Å². The van der Waals surface area contributed by atoms with Crippen LogP contribution in [0.15, 0.2) is 558 Å². The van der Waals surface area contributed by atoms with Crippen molar-refractivity contribution in [3.63, 3.8) is 0 Å². The molecule has 0 radical (unpaired) electrons. The lowest BCUT2D eigenvalue weighted by Gasteiger charge is -2.35. The van der Waals surface area contributed by atoms with Crippen molar-refractivity contribution in [2.45, 2.75) is 10.8 Å². The number of hydrogen-bond donors (Lipinski definition) is 0. The molecule has 25 aromatic rings. The first-order chi connectivity index (χ1) is 70.4. The molecule has 4 nitrogen and oxygen atoms in total. The Morgan fingerprint density at radius 2 is 0.430 bits per heavy atom. The normalized spacial score (nSPS) is 12.6. The Morgan fingerprint density at radius 3 is 0.873 bits per heavy atom. The molecule has 2 aromatic heterocycles. The summed E-state index contributed by atoms with van der Waals surface area (Å²) in [5.74, 6) is 0. The molecule has 0 bridgehead atoms. The summed E-state index contributed by atoms with van der Waals surface area (Å²) in [5, 5.41) is 7.27. The van der Waals surface area contributed by atoms with Gasteiger partial charge in [-0.05, 0) is 277 Å². The number of aromatic nitrogens is 2. The first-order valence-electron chi connectivity index (χ1n) is 49.1. The lowest BCUT2D eigenvalue weighted by Crippen LogP contribution is -2.28. The molecule has 0 aliphatic heterocycles. The van der Waals surface area contributed by atoms with Crippen LogP contribution in [0.4, 0.5) is 34.1 Å². The zero-order valence-corrected chi connectivity index (χ0v) is 77.9. The highest BCUT2D eigenvalue weighted by Gasteiger charge is 2.48. The van der Waals surface area contributed by atoms with Gasteiger partial charge in [0.2, 0.25) is 0 Å². The molecule has 0 atom stereocenters. The van der Waals surface area contributed by atoms with E-state index in [-0.39, 0.29) is 0 Å². The average molecular weight is 1810 g/mol. The molecule has 2 aliphatic carbocycles.